The van der Waals surface area contributed by atoms with Crippen molar-refractivity contribution in [3.05, 3.63) is 29.8 Å². The van der Waals surface area contributed by atoms with Gasteiger partial charge in [0.05, 0.1) is 4.90 Å². The van der Waals surface area contributed by atoms with E-state index >= 15 is 0 Å². The molecule has 1 aromatic carbocycles. The Balaban J connectivity index is 2.39. The number of aryl methyl sites for hydroxylation is 1. The van der Waals surface area contributed by atoms with Gasteiger partial charge in [-0.05, 0) is 31.4 Å². The molecule has 1 aromatic rings. The zero-order valence-electron chi connectivity index (χ0n) is 11.4. The molecule has 1 heterocycles. The van der Waals surface area contributed by atoms with Gasteiger partial charge in [-0.3, -0.25) is 0 Å². The largest absolute Gasteiger partial charge is 0.329 e. The van der Waals surface area contributed by atoms with Crippen LogP contribution >= 0.6 is 0 Å². The highest BCUT2D eigenvalue weighted by atomic mass is 32.2. The summed E-state index contributed by atoms with van der Waals surface area (Å²) in [5, 5.41) is 0. The van der Waals surface area contributed by atoms with Crippen LogP contribution in [0.15, 0.2) is 29.2 Å². The average Bonchev–Trinajstić information content (AvgIpc) is 2.64. The van der Waals surface area contributed by atoms with Crippen molar-refractivity contribution in [2.24, 2.45) is 5.73 Å². The highest BCUT2D eigenvalue weighted by molar-refractivity contribution is 7.89. The van der Waals surface area contributed by atoms with Crippen LogP contribution in [-0.2, 0) is 10.0 Å². The first-order valence-corrected chi connectivity index (χ1v) is 8.29. The second-order valence-corrected chi connectivity index (χ2v) is 6.98. The standard InChI is InChI=1S/C14H22N2O2S/c1-12-7-4-5-9-14(12)19(17,18)16-10-6-2-3-8-13(16)11-15/h4-5,7,9,13H,2-3,6,8,10-11,15H2,1H3. The van der Waals surface area contributed by atoms with Crippen LogP contribution in [0, 0.1) is 6.92 Å². The quantitative estimate of drug-likeness (QED) is 0.920. The maximum atomic E-state index is 12.8. The van der Waals surface area contributed by atoms with Crippen LogP contribution in [0.25, 0.3) is 0 Å². The zero-order valence-corrected chi connectivity index (χ0v) is 12.2. The summed E-state index contributed by atoms with van der Waals surface area (Å²) >= 11 is 0. The molecule has 1 aliphatic heterocycles. The van der Waals surface area contributed by atoms with E-state index in [-0.39, 0.29) is 6.04 Å². The molecule has 1 saturated heterocycles. The number of sulfonamides is 1. The van der Waals surface area contributed by atoms with E-state index in [1.807, 2.05) is 19.1 Å². The predicted octanol–water partition coefficient (Wildman–Crippen LogP) is 1.89. The van der Waals surface area contributed by atoms with Gasteiger partial charge in [-0.2, -0.15) is 4.31 Å². The SMILES string of the molecule is Cc1ccccc1S(=O)(=O)N1CCCCCC1CN. The van der Waals surface area contributed by atoms with E-state index in [1.54, 1.807) is 16.4 Å². The van der Waals surface area contributed by atoms with Gasteiger partial charge in [0.1, 0.15) is 0 Å². The minimum Gasteiger partial charge on any atom is -0.329 e. The summed E-state index contributed by atoms with van der Waals surface area (Å²) in [5.41, 5.74) is 6.56. The first kappa shape index (κ1) is 14.5. The summed E-state index contributed by atoms with van der Waals surface area (Å²) in [6.07, 6.45) is 3.92. The molecule has 2 rings (SSSR count). The van der Waals surface area contributed by atoms with Crippen molar-refractivity contribution in [2.75, 3.05) is 13.1 Å². The first-order valence-electron chi connectivity index (χ1n) is 6.85. The molecule has 0 aromatic heterocycles. The van der Waals surface area contributed by atoms with Gasteiger partial charge in [-0.1, -0.05) is 31.0 Å². The Morgan fingerprint density at radius 3 is 2.68 bits per heavy atom. The Hall–Kier alpha value is -0.910. The van der Waals surface area contributed by atoms with Crippen LogP contribution in [-0.4, -0.2) is 31.9 Å². The van der Waals surface area contributed by atoms with Gasteiger partial charge in [-0.25, -0.2) is 8.42 Å². The molecule has 0 radical (unpaired) electrons. The van der Waals surface area contributed by atoms with Crippen LogP contribution in [0.4, 0.5) is 0 Å². The molecule has 106 valence electrons. The molecule has 0 aliphatic carbocycles. The fraction of sp³-hybridized carbons (Fsp3) is 0.571. The molecule has 2 N–H and O–H groups in total. The number of benzene rings is 1. The van der Waals surface area contributed by atoms with E-state index in [2.05, 4.69) is 0 Å². The molecule has 4 nitrogen and oxygen atoms in total. The Morgan fingerprint density at radius 1 is 1.26 bits per heavy atom. The lowest BCUT2D eigenvalue weighted by atomic mass is 10.1. The van der Waals surface area contributed by atoms with E-state index in [0.29, 0.717) is 18.0 Å². The molecule has 1 unspecified atom stereocenters. The molecule has 0 bridgehead atoms. The van der Waals surface area contributed by atoms with Crippen LogP contribution in [0.5, 0.6) is 0 Å². The van der Waals surface area contributed by atoms with Crippen molar-refractivity contribution in [2.45, 2.75) is 43.5 Å². The smallest absolute Gasteiger partial charge is 0.243 e. The van der Waals surface area contributed by atoms with Crippen molar-refractivity contribution < 1.29 is 8.42 Å². The monoisotopic (exact) mass is 282 g/mol. The van der Waals surface area contributed by atoms with Gasteiger partial charge in [0.15, 0.2) is 0 Å². The maximum Gasteiger partial charge on any atom is 0.243 e. The molecule has 1 aliphatic rings. The lowest BCUT2D eigenvalue weighted by molar-refractivity contribution is 0.328. The van der Waals surface area contributed by atoms with Crippen molar-refractivity contribution >= 4 is 10.0 Å². The second kappa shape index (κ2) is 6.03. The Bertz CT molecular complexity index is 528. The third-order valence-corrected chi connectivity index (χ3v) is 5.89. The van der Waals surface area contributed by atoms with Gasteiger partial charge in [0.2, 0.25) is 10.0 Å². The van der Waals surface area contributed by atoms with E-state index in [9.17, 15) is 8.42 Å². The number of nitrogens with zero attached hydrogens (tertiary/aromatic N) is 1. The van der Waals surface area contributed by atoms with Crippen molar-refractivity contribution in [1.29, 1.82) is 0 Å². The normalized spacial score (nSPS) is 22.1. The Morgan fingerprint density at radius 2 is 2.00 bits per heavy atom. The summed E-state index contributed by atoms with van der Waals surface area (Å²) in [4.78, 5) is 0.412. The maximum absolute atomic E-state index is 12.8. The first-order chi connectivity index (χ1) is 9.07. The molecule has 0 spiro atoms. The van der Waals surface area contributed by atoms with Gasteiger partial charge < -0.3 is 5.73 Å². The third kappa shape index (κ3) is 2.99. The minimum atomic E-state index is -3.42. The third-order valence-electron chi connectivity index (χ3n) is 3.78. The molecular weight excluding hydrogens is 260 g/mol. The molecule has 1 fully saturated rings. The summed E-state index contributed by atoms with van der Waals surface area (Å²) < 4.78 is 27.2. The van der Waals surface area contributed by atoms with Gasteiger partial charge in [0.25, 0.3) is 0 Å². The molecule has 1 atom stereocenters. The number of hydrogen-bond acceptors (Lipinski definition) is 3. The van der Waals surface area contributed by atoms with Gasteiger partial charge in [0, 0.05) is 19.1 Å². The Kier molecular flexibility index (Phi) is 4.60. The number of hydrogen-bond donors (Lipinski definition) is 1. The summed E-state index contributed by atoms with van der Waals surface area (Å²) in [7, 11) is -3.42. The van der Waals surface area contributed by atoms with Crippen LogP contribution in [0.2, 0.25) is 0 Å². The lowest BCUT2D eigenvalue weighted by Gasteiger charge is -2.28. The fourth-order valence-corrected chi connectivity index (χ4v) is 4.61. The van der Waals surface area contributed by atoms with Crippen molar-refractivity contribution in [3.8, 4) is 0 Å². The molecular formula is C14H22N2O2S. The summed E-state index contributed by atoms with van der Waals surface area (Å²) in [5.74, 6) is 0. The number of rotatable bonds is 3. The molecule has 5 heteroatoms. The van der Waals surface area contributed by atoms with E-state index in [0.717, 1.165) is 31.2 Å². The highest BCUT2D eigenvalue weighted by Crippen LogP contribution is 2.26. The van der Waals surface area contributed by atoms with E-state index in [1.165, 1.54) is 0 Å². The topological polar surface area (TPSA) is 63.4 Å². The summed E-state index contributed by atoms with van der Waals surface area (Å²) in [6.45, 7) is 2.81. The van der Waals surface area contributed by atoms with Crippen molar-refractivity contribution in [1.82, 2.24) is 4.31 Å². The van der Waals surface area contributed by atoms with Crippen LogP contribution in [0.1, 0.15) is 31.2 Å². The van der Waals surface area contributed by atoms with Crippen molar-refractivity contribution in [3.63, 3.8) is 0 Å². The van der Waals surface area contributed by atoms with Crippen LogP contribution in [0.3, 0.4) is 0 Å². The second-order valence-electron chi connectivity index (χ2n) is 5.12. The van der Waals surface area contributed by atoms with Gasteiger partial charge in [-0.15, -0.1) is 0 Å². The highest BCUT2D eigenvalue weighted by Gasteiger charge is 2.32. The van der Waals surface area contributed by atoms with E-state index in [4.69, 9.17) is 5.73 Å². The number of nitrogens with two attached hydrogens (primary N) is 1. The van der Waals surface area contributed by atoms with E-state index < -0.39 is 10.0 Å². The summed E-state index contributed by atoms with van der Waals surface area (Å²) in [6, 6.07) is 7.09. The molecule has 0 amide bonds. The predicted molar refractivity (Wildman–Crippen MR) is 76.4 cm³/mol. The molecule has 0 saturated carbocycles. The van der Waals surface area contributed by atoms with Crippen LogP contribution < -0.4 is 5.73 Å². The lowest BCUT2D eigenvalue weighted by Crippen LogP contribution is -2.44. The Labute approximate surface area is 115 Å². The fourth-order valence-electron chi connectivity index (χ4n) is 2.67. The molecule has 19 heavy (non-hydrogen) atoms. The average molecular weight is 282 g/mol. The minimum absolute atomic E-state index is 0.0629. The van der Waals surface area contributed by atoms with Gasteiger partial charge >= 0.3 is 0 Å². The zero-order chi connectivity index (χ0) is 13.9.